The number of fused-ring (bicyclic) bond motifs is 3. The van der Waals surface area contributed by atoms with Crippen molar-refractivity contribution < 1.29 is 0 Å². The van der Waals surface area contributed by atoms with Gasteiger partial charge in [-0.15, -0.1) is 0 Å². The van der Waals surface area contributed by atoms with Crippen LogP contribution in [0.25, 0.3) is 17.0 Å². The van der Waals surface area contributed by atoms with Crippen LogP contribution in [0.2, 0.25) is 0 Å². The average Bonchev–Trinajstić information content (AvgIpc) is 2.94. The molecular weight excluding hydrogens is 230 g/mol. The van der Waals surface area contributed by atoms with E-state index in [9.17, 15) is 0 Å². The molecule has 1 heterocycles. The van der Waals surface area contributed by atoms with Gasteiger partial charge >= 0.3 is 0 Å². The molecule has 1 heteroatoms. The maximum Gasteiger partial charge on any atom is 0.0498 e. The highest BCUT2D eigenvalue weighted by molar-refractivity contribution is 5.94. The third-order valence-electron chi connectivity index (χ3n) is 4.62. The first-order chi connectivity index (χ1) is 9.15. The Hall–Kier alpha value is -1.50. The largest absolute Gasteiger partial charge is 0.361 e. The molecule has 1 aromatic carbocycles. The molecule has 1 aromatic heterocycles. The Morgan fingerprint density at radius 3 is 2.74 bits per heavy atom. The molecule has 0 amide bonds. The summed E-state index contributed by atoms with van der Waals surface area (Å²) in [6.07, 6.45) is 9.04. The second kappa shape index (κ2) is 4.56. The van der Waals surface area contributed by atoms with E-state index in [0.717, 1.165) is 6.42 Å². The number of H-pyrrole nitrogens is 1. The van der Waals surface area contributed by atoms with Gasteiger partial charge < -0.3 is 4.98 Å². The van der Waals surface area contributed by atoms with Crippen molar-refractivity contribution in [2.75, 3.05) is 0 Å². The van der Waals surface area contributed by atoms with Gasteiger partial charge in [0.25, 0.3) is 0 Å². The molecule has 0 saturated heterocycles. The van der Waals surface area contributed by atoms with E-state index in [0.29, 0.717) is 11.8 Å². The van der Waals surface area contributed by atoms with Crippen LogP contribution in [-0.2, 0) is 0 Å². The van der Waals surface area contributed by atoms with E-state index in [2.05, 4.69) is 57.1 Å². The highest BCUT2D eigenvalue weighted by atomic mass is 14.7. The number of rotatable bonds is 2. The number of hydrogen-bond donors (Lipinski definition) is 1. The van der Waals surface area contributed by atoms with Gasteiger partial charge in [-0.1, -0.05) is 32.9 Å². The molecule has 1 aliphatic carbocycles. The van der Waals surface area contributed by atoms with Crippen LogP contribution in [0.4, 0.5) is 0 Å². The molecule has 0 spiro atoms. The van der Waals surface area contributed by atoms with Crippen LogP contribution < -0.4 is 0 Å². The molecule has 0 radical (unpaired) electrons. The van der Waals surface area contributed by atoms with Crippen LogP contribution in [-0.4, -0.2) is 4.98 Å². The summed E-state index contributed by atoms with van der Waals surface area (Å²) in [7, 11) is 0. The number of benzene rings is 1. The second-order valence-electron chi connectivity index (χ2n) is 5.98. The van der Waals surface area contributed by atoms with Gasteiger partial charge in [-0.05, 0) is 59.9 Å². The number of nitrogens with one attached hydrogen (secondary N) is 1. The molecule has 3 rings (SSSR count). The summed E-state index contributed by atoms with van der Waals surface area (Å²) in [5.74, 6) is 1.36. The van der Waals surface area contributed by atoms with Crippen LogP contribution in [0.3, 0.4) is 0 Å². The van der Waals surface area contributed by atoms with Crippen molar-refractivity contribution in [1.29, 1.82) is 0 Å². The zero-order valence-corrected chi connectivity index (χ0v) is 12.4. The minimum Gasteiger partial charge on any atom is -0.361 e. The predicted octanol–water partition coefficient (Wildman–Crippen LogP) is 5.51. The van der Waals surface area contributed by atoms with E-state index < -0.39 is 0 Å². The van der Waals surface area contributed by atoms with Crippen molar-refractivity contribution >= 4 is 17.0 Å². The van der Waals surface area contributed by atoms with E-state index in [-0.39, 0.29) is 0 Å². The van der Waals surface area contributed by atoms with Crippen LogP contribution in [0, 0.1) is 6.92 Å². The van der Waals surface area contributed by atoms with E-state index in [1.165, 1.54) is 28.5 Å². The lowest BCUT2D eigenvalue weighted by atomic mass is 9.90. The van der Waals surface area contributed by atoms with Gasteiger partial charge in [0.1, 0.15) is 0 Å². The topological polar surface area (TPSA) is 15.8 Å². The monoisotopic (exact) mass is 253 g/mol. The number of hydrogen-bond acceptors (Lipinski definition) is 0. The lowest BCUT2D eigenvalue weighted by molar-refractivity contribution is 0.661. The number of allylic oxidation sites excluding steroid dienone is 1. The van der Waals surface area contributed by atoms with Crippen LogP contribution in [0.5, 0.6) is 0 Å². The summed E-state index contributed by atoms with van der Waals surface area (Å²) < 4.78 is 0. The fraction of sp³-hybridized carbons (Fsp3) is 0.444. The third-order valence-corrected chi connectivity index (χ3v) is 4.62. The van der Waals surface area contributed by atoms with Crippen molar-refractivity contribution in [2.45, 2.75) is 52.4 Å². The Kier molecular flexibility index (Phi) is 3.00. The summed E-state index contributed by atoms with van der Waals surface area (Å²) in [5, 5.41) is 1.39. The summed E-state index contributed by atoms with van der Waals surface area (Å²) in [6, 6.07) is 2.23. The lowest BCUT2D eigenvalue weighted by Crippen LogP contribution is -1.97. The van der Waals surface area contributed by atoms with E-state index in [1.807, 2.05) is 0 Å². The van der Waals surface area contributed by atoms with E-state index in [4.69, 9.17) is 0 Å². The minimum atomic E-state index is 0.675. The molecule has 0 saturated carbocycles. The number of aromatic nitrogens is 1. The quantitative estimate of drug-likeness (QED) is 0.726. The highest BCUT2D eigenvalue weighted by Crippen LogP contribution is 2.47. The van der Waals surface area contributed by atoms with Crippen molar-refractivity contribution in [3.63, 3.8) is 0 Å². The maximum atomic E-state index is 3.48. The second-order valence-corrected chi connectivity index (χ2v) is 5.98. The first kappa shape index (κ1) is 12.5. The summed E-state index contributed by atoms with van der Waals surface area (Å²) in [6.45, 7) is 9.23. The molecule has 100 valence electrons. The van der Waals surface area contributed by atoms with Crippen molar-refractivity contribution in [3.05, 3.63) is 40.6 Å². The van der Waals surface area contributed by atoms with Crippen LogP contribution >= 0.6 is 0 Å². The van der Waals surface area contributed by atoms with Gasteiger partial charge in [-0.25, -0.2) is 0 Å². The normalized spacial score (nSPS) is 22.5. The molecule has 1 nitrogen and oxygen atoms in total. The Bertz CT molecular complexity index is 645. The smallest absolute Gasteiger partial charge is 0.0498 e. The Labute approximate surface area is 115 Å². The molecule has 2 aromatic rings. The fourth-order valence-electron chi connectivity index (χ4n) is 3.86. The van der Waals surface area contributed by atoms with Crippen LogP contribution in [0.1, 0.15) is 67.7 Å². The van der Waals surface area contributed by atoms with Gasteiger partial charge in [0.2, 0.25) is 0 Å². The van der Waals surface area contributed by atoms with Gasteiger partial charge in [-0.2, -0.15) is 0 Å². The van der Waals surface area contributed by atoms with Crippen LogP contribution in [0.15, 0.2) is 18.3 Å². The molecule has 0 fully saturated rings. The molecule has 2 atom stereocenters. The Morgan fingerprint density at radius 1 is 1.26 bits per heavy atom. The minimum absolute atomic E-state index is 0.675. The summed E-state index contributed by atoms with van der Waals surface area (Å²) >= 11 is 0. The first-order valence-corrected chi connectivity index (χ1v) is 7.45. The maximum absolute atomic E-state index is 3.48. The Balaban J connectivity index is 2.37. The van der Waals surface area contributed by atoms with Gasteiger partial charge in [0.05, 0.1) is 0 Å². The van der Waals surface area contributed by atoms with E-state index >= 15 is 0 Å². The average molecular weight is 253 g/mol. The molecule has 1 N–H and O–H groups in total. The molecule has 1 aliphatic rings. The molecule has 19 heavy (non-hydrogen) atoms. The van der Waals surface area contributed by atoms with Crippen molar-refractivity contribution in [2.24, 2.45) is 0 Å². The van der Waals surface area contributed by atoms with E-state index in [1.54, 1.807) is 11.1 Å². The van der Waals surface area contributed by atoms with Crippen molar-refractivity contribution in [3.8, 4) is 0 Å². The Morgan fingerprint density at radius 2 is 2.00 bits per heavy atom. The molecule has 0 aliphatic heterocycles. The summed E-state index contributed by atoms with van der Waals surface area (Å²) in [4.78, 5) is 3.48. The lowest BCUT2D eigenvalue weighted by Gasteiger charge is -2.15. The van der Waals surface area contributed by atoms with Gasteiger partial charge in [-0.3, -0.25) is 0 Å². The fourth-order valence-corrected chi connectivity index (χ4v) is 3.86. The molecule has 0 bridgehead atoms. The van der Waals surface area contributed by atoms with Gasteiger partial charge in [0.15, 0.2) is 0 Å². The SMILES string of the molecule is CC/C=C\c1c(C)c2c(c3[nH]ccc13)[C@@H](C)C[C@H]2C. The molecular formula is C18H23N. The highest BCUT2D eigenvalue weighted by Gasteiger charge is 2.30. The molecule has 0 unspecified atom stereocenters. The number of aromatic amines is 1. The van der Waals surface area contributed by atoms with Gasteiger partial charge in [0, 0.05) is 17.1 Å². The predicted molar refractivity (Wildman–Crippen MR) is 83.8 cm³/mol. The zero-order chi connectivity index (χ0) is 13.6. The van der Waals surface area contributed by atoms with Crippen molar-refractivity contribution in [1.82, 2.24) is 4.98 Å². The zero-order valence-electron chi connectivity index (χ0n) is 12.4. The first-order valence-electron chi connectivity index (χ1n) is 7.45. The third kappa shape index (κ3) is 1.75. The summed E-state index contributed by atoms with van der Waals surface area (Å²) in [5.41, 5.74) is 7.44. The standard InChI is InChI=1S/C18H23N/c1-5-6-7-14-13(4)16-11(2)10-12(3)17(16)18-15(14)8-9-19-18/h6-9,11-12,19H,5,10H2,1-4H3/b7-6-/t11-,12+/m1/s1.